The molecule has 1 atom stereocenters. The Kier molecular flexibility index (Phi) is 7.20. The highest BCUT2D eigenvalue weighted by Gasteiger charge is 2.20. The van der Waals surface area contributed by atoms with Crippen LogP contribution in [0.25, 0.3) is 11.0 Å². The molecular formula is C21H27NO6. The zero-order chi connectivity index (χ0) is 20.8. The number of benzene rings is 1. The van der Waals surface area contributed by atoms with Crippen LogP contribution in [0.15, 0.2) is 21.3 Å². The molecule has 28 heavy (non-hydrogen) atoms. The van der Waals surface area contributed by atoms with Crippen LogP contribution in [0.1, 0.15) is 49.3 Å². The third-order valence-electron chi connectivity index (χ3n) is 4.96. The van der Waals surface area contributed by atoms with Crippen molar-refractivity contribution in [3.63, 3.8) is 0 Å². The molecule has 2 rings (SSSR count). The van der Waals surface area contributed by atoms with E-state index in [2.05, 4.69) is 5.32 Å². The molecule has 2 N–H and O–H groups in total. The summed E-state index contributed by atoms with van der Waals surface area (Å²) in [5.74, 6) is -0.810. The van der Waals surface area contributed by atoms with Gasteiger partial charge in [0, 0.05) is 22.9 Å². The second-order valence-electron chi connectivity index (χ2n) is 6.86. The highest BCUT2D eigenvalue weighted by atomic mass is 16.5. The van der Waals surface area contributed by atoms with Crippen LogP contribution in [0, 0.1) is 13.8 Å². The van der Waals surface area contributed by atoms with E-state index in [1.54, 1.807) is 7.11 Å². The lowest BCUT2D eigenvalue weighted by molar-refractivity contribution is -0.142. The molecule has 7 nitrogen and oxygen atoms in total. The summed E-state index contributed by atoms with van der Waals surface area (Å²) in [5.41, 5.74) is 1.90. The van der Waals surface area contributed by atoms with Gasteiger partial charge in [-0.1, -0.05) is 19.8 Å². The number of rotatable bonds is 9. The van der Waals surface area contributed by atoms with Crippen LogP contribution < -0.4 is 15.7 Å². The van der Waals surface area contributed by atoms with E-state index >= 15 is 0 Å². The van der Waals surface area contributed by atoms with Gasteiger partial charge in [0.1, 0.15) is 17.4 Å². The largest absolute Gasteiger partial charge is 0.496 e. The fraction of sp³-hybridized carbons (Fsp3) is 0.476. The number of aliphatic carboxylic acids is 1. The first-order valence-corrected chi connectivity index (χ1v) is 9.42. The third-order valence-corrected chi connectivity index (χ3v) is 4.96. The standard InChI is InChI=1S/C21H27NO6/c1-5-6-7-16(20(24)25)22-18(23)11-9-15-12(2)14-8-10-17(27-4)13(3)19(14)28-21(15)26/h8,10,16H,5-7,9,11H2,1-4H3,(H,22,23)(H,24,25). The second kappa shape index (κ2) is 9.39. The maximum atomic E-state index is 12.5. The second-order valence-corrected chi connectivity index (χ2v) is 6.86. The molecule has 1 aromatic carbocycles. The summed E-state index contributed by atoms with van der Waals surface area (Å²) in [4.78, 5) is 35.9. The van der Waals surface area contributed by atoms with Crippen molar-refractivity contribution in [1.82, 2.24) is 5.32 Å². The normalized spacial score (nSPS) is 12.0. The van der Waals surface area contributed by atoms with Gasteiger partial charge in [-0.05, 0) is 44.4 Å². The number of methoxy groups -OCH3 is 1. The van der Waals surface area contributed by atoms with E-state index in [1.165, 1.54) is 0 Å². The minimum absolute atomic E-state index is 0.0160. The van der Waals surface area contributed by atoms with Gasteiger partial charge in [-0.15, -0.1) is 0 Å². The van der Waals surface area contributed by atoms with Crippen molar-refractivity contribution < 1.29 is 23.8 Å². The molecular weight excluding hydrogens is 362 g/mol. The Labute approximate surface area is 163 Å². The van der Waals surface area contributed by atoms with Crippen molar-refractivity contribution in [2.75, 3.05) is 7.11 Å². The number of unbranched alkanes of at least 4 members (excludes halogenated alkanes) is 1. The van der Waals surface area contributed by atoms with Crippen molar-refractivity contribution in [2.24, 2.45) is 0 Å². The number of carboxylic acids is 1. The first-order chi connectivity index (χ1) is 13.3. The summed E-state index contributed by atoms with van der Waals surface area (Å²) in [7, 11) is 1.55. The average Bonchev–Trinajstić information content (AvgIpc) is 2.65. The number of amides is 1. The van der Waals surface area contributed by atoms with Gasteiger partial charge in [0.2, 0.25) is 5.91 Å². The third kappa shape index (κ3) is 4.71. The SMILES string of the molecule is CCCCC(NC(=O)CCc1c(C)c2ccc(OC)c(C)c2oc1=O)C(=O)O. The molecule has 0 fully saturated rings. The smallest absolute Gasteiger partial charge is 0.339 e. The number of aryl methyl sites for hydroxylation is 2. The maximum Gasteiger partial charge on any atom is 0.339 e. The van der Waals surface area contributed by atoms with Crippen LogP contribution >= 0.6 is 0 Å². The van der Waals surface area contributed by atoms with E-state index < -0.39 is 23.5 Å². The molecule has 7 heteroatoms. The van der Waals surface area contributed by atoms with E-state index in [4.69, 9.17) is 9.15 Å². The minimum atomic E-state index is -1.05. The van der Waals surface area contributed by atoms with Gasteiger partial charge in [0.15, 0.2) is 0 Å². The number of hydrogen-bond acceptors (Lipinski definition) is 5. The number of carbonyl (C=O) groups is 2. The molecule has 0 aliphatic rings. The van der Waals surface area contributed by atoms with Gasteiger partial charge < -0.3 is 19.6 Å². The fourth-order valence-electron chi connectivity index (χ4n) is 3.25. The lowest BCUT2D eigenvalue weighted by Crippen LogP contribution is -2.40. The maximum absolute atomic E-state index is 12.5. The number of nitrogens with one attached hydrogen (secondary N) is 1. The molecule has 1 unspecified atom stereocenters. The molecule has 0 aliphatic carbocycles. The van der Waals surface area contributed by atoms with Gasteiger partial charge >= 0.3 is 11.6 Å². The molecule has 0 radical (unpaired) electrons. The number of fused-ring (bicyclic) bond motifs is 1. The monoisotopic (exact) mass is 389 g/mol. The number of carbonyl (C=O) groups excluding carboxylic acids is 1. The lowest BCUT2D eigenvalue weighted by Gasteiger charge is -2.14. The zero-order valence-corrected chi connectivity index (χ0v) is 16.8. The Morgan fingerprint density at radius 1 is 1.25 bits per heavy atom. The van der Waals surface area contributed by atoms with Crippen LogP contribution in [0.2, 0.25) is 0 Å². The Morgan fingerprint density at radius 3 is 2.57 bits per heavy atom. The van der Waals surface area contributed by atoms with Gasteiger partial charge in [0.25, 0.3) is 0 Å². The number of hydrogen-bond donors (Lipinski definition) is 2. The van der Waals surface area contributed by atoms with Crippen LogP contribution in [-0.4, -0.2) is 30.1 Å². The summed E-state index contributed by atoms with van der Waals surface area (Å²) < 4.78 is 10.8. The summed E-state index contributed by atoms with van der Waals surface area (Å²) in [6, 6.07) is 2.73. The summed E-state index contributed by atoms with van der Waals surface area (Å²) in [5, 5.41) is 12.5. The number of ether oxygens (including phenoxy) is 1. The van der Waals surface area contributed by atoms with Gasteiger partial charge in [-0.3, -0.25) is 4.79 Å². The van der Waals surface area contributed by atoms with E-state index in [-0.39, 0.29) is 12.8 Å². The molecule has 0 saturated heterocycles. The Hall–Kier alpha value is -2.83. The molecule has 1 aromatic heterocycles. The molecule has 152 valence electrons. The average molecular weight is 389 g/mol. The highest BCUT2D eigenvalue weighted by molar-refractivity contribution is 5.86. The summed E-state index contributed by atoms with van der Waals surface area (Å²) in [6.45, 7) is 5.60. The Balaban J connectivity index is 2.19. The van der Waals surface area contributed by atoms with E-state index in [1.807, 2.05) is 32.9 Å². The fourth-order valence-corrected chi connectivity index (χ4v) is 3.25. The van der Waals surface area contributed by atoms with Gasteiger partial charge in [0.05, 0.1) is 7.11 Å². The van der Waals surface area contributed by atoms with Crippen LogP contribution in [0.4, 0.5) is 0 Å². The summed E-state index contributed by atoms with van der Waals surface area (Å²) in [6.07, 6.45) is 2.15. The lowest BCUT2D eigenvalue weighted by atomic mass is 10.00. The molecule has 1 amide bonds. The van der Waals surface area contributed by atoms with Gasteiger partial charge in [-0.2, -0.15) is 0 Å². The Morgan fingerprint density at radius 2 is 1.96 bits per heavy atom. The van der Waals surface area contributed by atoms with Crippen molar-refractivity contribution in [3.05, 3.63) is 39.2 Å². The van der Waals surface area contributed by atoms with Crippen LogP contribution in [0.3, 0.4) is 0 Å². The van der Waals surface area contributed by atoms with Gasteiger partial charge in [-0.25, -0.2) is 9.59 Å². The van der Waals surface area contributed by atoms with E-state index in [9.17, 15) is 19.5 Å². The molecule has 0 saturated carbocycles. The van der Waals surface area contributed by atoms with E-state index in [0.717, 1.165) is 22.9 Å². The van der Waals surface area contributed by atoms with Crippen molar-refractivity contribution >= 4 is 22.8 Å². The molecule has 1 heterocycles. The quantitative estimate of drug-likeness (QED) is 0.638. The first kappa shape index (κ1) is 21.5. The minimum Gasteiger partial charge on any atom is -0.496 e. The zero-order valence-electron chi connectivity index (χ0n) is 16.8. The van der Waals surface area contributed by atoms with Crippen molar-refractivity contribution in [1.29, 1.82) is 0 Å². The van der Waals surface area contributed by atoms with E-state index in [0.29, 0.717) is 29.7 Å². The predicted octanol–water partition coefficient (Wildman–Crippen LogP) is 3.11. The Bertz CT molecular complexity index is 931. The molecule has 0 spiro atoms. The van der Waals surface area contributed by atoms with Crippen molar-refractivity contribution in [3.8, 4) is 5.75 Å². The molecule has 0 aliphatic heterocycles. The molecule has 0 bridgehead atoms. The van der Waals surface area contributed by atoms with Crippen molar-refractivity contribution in [2.45, 2.75) is 58.9 Å². The summed E-state index contributed by atoms with van der Waals surface area (Å²) >= 11 is 0. The topological polar surface area (TPSA) is 106 Å². The first-order valence-electron chi connectivity index (χ1n) is 9.42. The van der Waals surface area contributed by atoms with Crippen LogP contribution in [0.5, 0.6) is 5.75 Å². The predicted molar refractivity (Wildman–Crippen MR) is 106 cm³/mol. The molecule has 2 aromatic rings. The highest BCUT2D eigenvalue weighted by Crippen LogP contribution is 2.29. The van der Waals surface area contributed by atoms with Crippen LogP contribution in [-0.2, 0) is 16.0 Å². The number of carboxylic acid groups (broad SMARTS) is 1.